The van der Waals surface area contributed by atoms with Crippen LogP contribution in [0.5, 0.6) is 0 Å². The Kier molecular flexibility index (Phi) is 5.25. The summed E-state index contributed by atoms with van der Waals surface area (Å²) in [7, 11) is -3.16. The van der Waals surface area contributed by atoms with Gasteiger partial charge in [-0.15, -0.1) is 0 Å². The molecule has 2 aromatic rings. The molecule has 0 radical (unpaired) electrons. The van der Waals surface area contributed by atoms with E-state index in [0.29, 0.717) is 31.6 Å². The number of amides is 1. The fourth-order valence-corrected chi connectivity index (χ4v) is 7.13. The quantitative estimate of drug-likeness (QED) is 0.710. The fraction of sp³-hybridized carbons (Fsp3) is 0.500. The fourth-order valence-electron chi connectivity index (χ4n) is 5.19. The van der Waals surface area contributed by atoms with E-state index < -0.39 is 10.0 Å². The van der Waals surface area contributed by atoms with Crippen LogP contribution in [0, 0.1) is 13.8 Å². The van der Waals surface area contributed by atoms with E-state index in [4.69, 9.17) is 0 Å². The lowest BCUT2D eigenvalue weighted by molar-refractivity contribution is 0.0746. The van der Waals surface area contributed by atoms with Crippen molar-refractivity contribution in [1.29, 1.82) is 0 Å². The molecule has 0 unspecified atom stereocenters. The maximum absolute atomic E-state index is 13.1. The molecule has 2 aliphatic heterocycles. The third-order valence-corrected chi connectivity index (χ3v) is 9.03. The summed E-state index contributed by atoms with van der Waals surface area (Å²) in [6.07, 6.45) is 4.30. The van der Waals surface area contributed by atoms with Gasteiger partial charge in [0.15, 0.2) is 0 Å². The van der Waals surface area contributed by atoms with Gasteiger partial charge in [-0.2, -0.15) is 4.31 Å². The molecule has 170 valence electrons. The number of hydrogen-bond acceptors (Lipinski definition) is 5. The van der Waals surface area contributed by atoms with E-state index in [2.05, 4.69) is 22.9 Å². The normalized spacial score (nSPS) is 22.2. The first kappa shape index (κ1) is 21.4. The number of pyridine rings is 1. The highest BCUT2D eigenvalue weighted by Crippen LogP contribution is 2.53. The number of aromatic nitrogens is 1. The van der Waals surface area contributed by atoms with Crippen molar-refractivity contribution in [1.82, 2.24) is 14.2 Å². The van der Waals surface area contributed by atoms with Crippen LogP contribution in [0.15, 0.2) is 36.5 Å². The summed E-state index contributed by atoms with van der Waals surface area (Å²) in [5.41, 5.74) is 3.59. The molecule has 2 saturated heterocycles. The van der Waals surface area contributed by atoms with Crippen LogP contribution in [0.25, 0.3) is 0 Å². The van der Waals surface area contributed by atoms with Gasteiger partial charge in [0.05, 0.1) is 11.3 Å². The standard InChI is InChI=1S/C24H30N4O3S/c1-18-16-19(2)22(25-17-18)26-11-13-27(14-12-26)23(29)20-4-6-21(7-5-20)24(8-9-24)28-10-3-15-32(28,30)31/h4-7,16-17H,3,8-15H2,1-2H3. The maximum Gasteiger partial charge on any atom is 0.253 e. The second-order valence-electron chi connectivity index (χ2n) is 9.28. The van der Waals surface area contributed by atoms with Crippen LogP contribution >= 0.6 is 0 Å². The van der Waals surface area contributed by atoms with Gasteiger partial charge in [-0.1, -0.05) is 18.2 Å². The monoisotopic (exact) mass is 454 g/mol. The average molecular weight is 455 g/mol. The Balaban J connectivity index is 1.25. The molecule has 0 atom stereocenters. The SMILES string of the molecule is Cc1cnc(N2CCN(C(=O)c3ccc(C4(N5CCCS5(=O)=O)CC4)cc3)CC2)c(C)c1. The van der Waals surface area contributed by atoms with Crippen LogP contribution in [-0.2, 0) is 15.6 Å². The number of hydrogen-bond donors (Lipinski definition) is 0. The van der Waals surface area contributed by atoms with Gasteiger partial charge in [0, 0.05) is 44.5 Å². The Bertz CT molecular complexity index is 1130. The first-order chi connectivity index (χ1) is 15.3. The zero-order valence-corrected chi connectivity index (χ0v) is 19.6. The molecular formula is C24H30N4O3S. The predicted molar refractivity (Wildman–Crippen MR) is 124 cm³/mol. The highest BCUT2D eigenvalue weighted by Gasteiger charge is 2.55. The molecular weight excluding hydrogens is 424 g/mol. The van der Waals surface area contributed by atoms with Gasteiger partial charge in [-0.05, 0) is 61.9 Å². The highest BCUT2D eigenvalue weighted by atomic mass is 32.2. The summed E-state index contributed by atoms with van der Waals surface area (Å²) >= 11 is 0. The van der Waals surface area contributed by atoms with Gasteiger partial charge in [0.25, 0.3) is 5.91 Å². The van der Waals surface area contributed by atoms with Crippen molar-refractivity contribution in [2.24, 2.45) is 0 Å². The molecule has 1 amide bonds. The lowest BCUT2D eigenvalue weighted by Gasteiger charge is -2.36. The largest absolute Gasteiger partial charge is 0.353 e. The number of sulfonamides is 1. The molecule has 3 aliphatic rings. The first-order valence-corrected chi connectivity index (χ1v) is 13.0. The van der Waals surface area contributed by atoms with Gasteiger partial charge < -0.3 is 9.80 Å². The molecule has 7 nitrogen and oxygen atoms in total. The molecule has 1 aromatic heterocycles. The summed E-state index contributed by atoms with van der Waals surface area (Å²) in [6, 6.07) is 9.76. The van der Waals surface area contributed by atoms with Crippen molar-refractivity contribution >= 4 is 21.7 Å². The third-order valence-electron chi connectivity index (χ3n) is 7.02. The van der Waals surface area contributed by atoms with Crippen LogP contribution in [0.4, 0.5) is 5.82 Å². The summed E-state index contributed by atoms with van der Waals surface area (Å²) in [5, 5.41) is 0. The van der Waals surface area contributed by atoms with E-state index >= 15 is 0 Å². The molecule has 1 saturated carbocycles. The second-order valence-corrected chi connectivity index (χ2v) is 11.3. The van der Waals surface area contributed by atoms with Crippen LogP contribution in [0.2, 0.25) is 0 Å². The number of rotatable bonds is 4. The van der Waals surface area contributed by atoms with Crippen molar-refractivity contribution in [3.63, 3.8) is 0 Å². The lowest BCUT2D eigenvalue weighted by Crippen LogP contribution is -2.49. The van der Waals surface area contributed by atoms with Crippen LogP contribution in [0.3, 0.4) is 0 Å². The lowest BCUT2D eigenvalue weighted by atomic mass is 10.0. The minimum atomic E-state index is -3.16. The molecule has 0 N–H and O–H groups in total. The Morgan fingerprint density at radius 2 is 1.69 bits per heavy atom. The van der Waals surface area contributed by atoms with E-state index in [1.807, 2.05) is 42.3 Å². The molecule has 32 heavy (non-hydrogen) atoms. The summed E-state index contributed by atoms with van der Waals surface area (Å²) in [6.45, 7) is 7.56. The summed E-state index contributed by atoms with van der Waals surface area (Å²) < 4.78 is 26.5. The van der Waals surface area contributed by atoms with Crippen LogP contribution in [-0.4, -0.2) is 67.0 Å². The number of benzene rings is 1. The van der Waals surface area contributed by atoms with Gasteiger partial charge >= 0.3 is 0 Å². The molecule has 0 bridgehead atoms. The van der Waals surface area contributed by atoms with E-state index in [1.165, 1.54) is 0 Å². The Labute approximate surface area is 190 Å². The van der Waals surface area contributed by atoms with E-state index in [1.54, 1.807) is 4.31 Å². The first-order valence-electron chi connectivity index (χ1n) is 11.4. The average Bonchev–Trinajstić information content (AvgIpc) is 3.50. The number of anilines is 1. The van der Waals surface area contributed by atoms with Crippen molar-refractivity contribution < 1.29 is 13.2 Å². The Morgan fingerprint density at radius 1 is 1.00 bits per heavy atom. The minimum absolute atomic E-state index is 0.0310. The van der Waals surface area contributed by atoms with E-state index in [9.17, 15) is 13.2 Å². The molecule has 1 aromatic carbocycles. The summed E-state index contributed by atoms with van der Waals surface area (Å²) in [4.78, 5) is 21.8. The van der Waals surface area contributed by atoms with Crippen molar-refractivity contribution in [2.75, 3.05) is 43.4 Å². The van der Waals surface area contributed by atoms with Gasteiger partial charge in [0.1, 0.15) is 5.82 Å². The van der Waals surface area contributed by atoms with Gasteiger partial charge in [-0.25, -0.2) is 13.4 Å². The predicted octanol–water partition coefficient (Wildman–Crippen LogP) is 2.69. The van der Waals surface area contributed by atoms with Gasteiger partial charge in [-0.3, -0.25) is 4.79 Å². The van der Waals surface area contributed by atoms with Crippen molar-refractivity contribution in [3.8, 4) is 0 Å². The number of aryl methyl sites for hydroxylation is 2. The molecule has 1 aliphatic carbocycles. The smallest absolute Gasteiger partial charge is 0.253 e. The number of carbonyl (C=O) groups is 1. The molecule has 3 heterocycles. The number of carbonyl (C=O) groups excluding carboxylic acids is 1. The van der Waals surface area contributed by atoms with Crippen molar-refractivity contribution in [3.05, 3.63) is 58.8 Å². The Hall–Kier alpha value is -2.45. The minimum Gasteiger partial charge on any atom is -0.353 e. The Morgan fingerprint density at radius 3 is 2.25 bits per heavy atom. The van der Waals surface area contributed by atoms with Crippen LogP contribution < -0.4 is 4.90 Å². The molecule has 8 heteroatoms. The van der Waals surface area contributed by atoms with E-state index in [0.717, 1.165) is 48.4 Å². The highest BCUT2D eigenvalue weighted by molar-refractivity contribution is 7.89. The zero-order valence-electron chi connectivity index (χ0n) is 18.7. The van der Waals surface area contributed by atoms with Crippen molar-refractivity contribution in [2.45, 2.75) is 38.6 Å². The second kappa shape index (κ2) is 7.85. The van der Waals surface area contributed by atoms with Gasteiger partial charge in [0.2, 0.25) is 10.0 Å². The maximum atomic E-state index is 13.1. The molecule has 3 fully saturated rings. The summed E-state index contributed by atoms with van der Waals surface area (Å²) in [5.74, 6) is 1.27. The van der Waals surface area contributed by atoms with E-state index in [-0.39, 0.29) is 17.2 Å². The topological polar surface area (TPSA) is 73.8 Å². The molecule has 5 rings (SSSR count). The number of piperazine rings is 1. The number of nitrogens with zero attached hydrogens (tertiary/aromatic N) is 4. The third kappa shape index (κ3) is 3.69. The molecule has 0 spiro atoms. The zero-order chi connectivity index (χ0) is 22.5. The van der Waals surface area contributed by atoms with Crippen LogP contribution in [0.1, 0.15) is 46.3 Å².